The molecule has 10 nitrogen and oxygen atoms in total. The molecule has 51 heavy (non-hydrogen) atoms. The fourth-order valence-electron chi connectivity index (χ4n) is 8.18. The number of rotatable bonds is 10. The summed E-state index contributed by atoms with van der Waals surface area (Å²) in [6.45, 7) is 3.04. The van der Waals surface area contributed by atoms with Crippen LogP contribution in [0.15, 0.2) is 54.6 Å². The zero-order valence-electron chi connectivity index (χ0n) is 28.7. The lowest BCUT2D eigenvalue weighted by molar-refractivity contribution is -0.121. The topological polar surface area (TPSA) is 118 Å². The summed E-state index contributed by atoms with van der Waals surface area (Å²) in [5, 5.41) is 10.9. The summed E-state index contributed by atoms with van der Waals surface area (Å²) < 4.78 is 11.6. The SMILES string of the molecule is COc1nc(-c2cccc(-c3cccc(-c4cc5c(c(OC)n4)[C@H](NC[C@@H]4CCC(=O)N4)CC5)c3Cl)c2Cl)ccc1CN1CC2(CCC(=O)N2)C1. The number of ether oxygens (including phenoxy) is 2. The first-order chi connectivity index (χ1) is 24.7. The molecule has 2 atom stereocenters. The minimum atomic E-state index is -0.0792. The number of amides is 2. The number of aromatic nitrogens is 2. The molecule has 0 bridgehead atoms. The number of methoxy groups -OCH3 is 2. The molecule has 3 saturated heterocycles. The number of aryl methyl sites for hydroxylation is 1. The Morgan fingerprint density at radius 3 is 2.18 bits per heavy atom. The molecule has 3 aliphatic heterocycles. The van der Waals surface area contributed by atoms with Crippen LogP contribution in [0.4, 0.5) is 0 Å². The Balaban J connectivity index is 1.04. The molecule has 264 valence electrons. The Morgan fingerprint density at radius 2 is 1.53 bits per heavy atom. The summed E-state index contributed by atoms with van der Waals surface area (Å²) in [6.07, 6.45) is 4.73. The molecule has 0 radical (unpaired) electrons. The van der Waals surface area contributed by atoms with E-state index in [1.807, 2.05) is 48.5 Å². The van der Waals surface area contributed by atoms with E-state index in [1.54, 1.807) is 14.2 Å². The number of pyridine rings is 2. The van der Waals surface area contributed by atoms with E-state index in [1.165, 1.54) is 5.56 Å². The van der Waals surface area contributed by atoms with E-state index in [0.717, 1.165) is 77.8 Å². The summed E-state index contributed by atoms with van der Waals surface area (Å²) in [6, 6.07) is 18.1. The van der Waals surface area contributed by atoms with Gasteiger partial charge in [0.2, 0.25) is 23.6 Å². The number of benzene rings is 2. The molecule has 2 aromatic heterocycles. The van der Waals surface area contributed by atoms with Gasteiger partial charge in [-0.15, -0.1) is 0 Å². The maximum atomic E-state index is 11.8. The molecule has 5 heterocycles. The van der Waals surface area contributed by atoms with Gasteiger partial charge >= 0.3 is 0 Å². The lowest BCUT2D eigenvalue weighted by Crippen LogP contribution is -2.66. The molecular formula is C39H40Cl2N6O4. The van der Waals surface area contributed by atoms with Crippen LogP contribution in [-0.2, 0) is 22.6 Å². The van der Waals surface area contributed by atoms with E-state index >= 15 is 0 Å². The number of hydrogen-bond donors (Lipinski definition) is 3. The summed E-state index contributed by atoms with van der Waals surface area (Å²) in [7, 11) is 3.28. The molecular weight excluding hydrogens is 687 g/mol. The fraction of sp³-hybridized carbons (Fsp3) is 0.385. The number of carbonyl (C=O) groups excluding carboxylic acids is 2. The van der Waals surface area contributed by atoms with Crippen molar-refractivity contribution in [2.24, 2.45) is 0 Å². The van der Waals surface area contributed by atoms with Gasteiger partial charge in [0, 0.05) is 84.5 Å². The monoisotopic (exact) mass is 726 g/mol. The van der Waals surface area contributed by atoms with Crippen LogP contribution in [0, 0.1) is 0 Å². The van der Waals surface area contributed by atoms with Gasteiger partial charge in [0.25, 0.3) is 0 Å². The number of likely N-dealkylation sites (tertiary alicyclic amines) is 1. The summed E-state index contributed by atoms with van der Waals surface area (Å²) >= 11 is 14.4. The Morgan fingerprint density at radius 1 is 0.843 bits per heavy atom. The second-order valence-corrected chi connectivity index (χ2v) is 14.8. The summed E-state index contributed by atoms with van der Waals surface area (Å²) in [5.74, 6) is 1.38. The lowest BCUT2D eigenvalue weighted by atomic mass is 9.88. The van der Waals surface area contributed by atoms with E-state index in [0.29, 0.717) is 53.4 Å². The number of nitrogens with one attached hydrogen (secondary N) is 3. The Bertz CT molecular complexity index is 2030. The molecule has 8 rings (SSSR count). The van der Waals surface area contributed by atoms with Gasteiger partial charge in [0.15, 0.2) is 0 Å². The van der Waals surface area contributed by atoms with Crippen molar-refractivity contribution in [2.75, 3.05) is 33.9 Å². The Hall–Kier alpha value is -4.22. The third-order valence-corrected chi connectivity index (χ3v) is 11.5. The van der Waals surface area contributed by atoms with Crippen LogP contribution in [0.1, 0.15) is 54.8 Å². The quantitative estimate of drug-likeness (QED) is 0.179. The smallest absolute Gasteiger partial charge is 0.220 e. The average Bonchev–Trinajstić information content (AvgIpc) is 3.85. The van der Waals surface area contributed by atoms with Crippen molar-refractivity contribution in [1.82, 2.24) is 30.8 Å². The lowest BCUT2D eigenvalue weighted by Gasteiger charge is -2.48. The van der Waals surface area contributed by atoms with Crippen molar-refractivity contribution >= 4 is 35.0 Å². The van der Waals surface area contributed by atoms with Crippen molar-refractivity contribution in [2.45, 2.75) is 62.7 Å². The summed E-state index contributed by atoms with van der Waals surface area (Å²) in [4.78, 5) is 35.6. The Kier molecular flexibility index (Phi) is 9.12. The van der Waals surface area contributed by atoms with Crippen molar-refractivity contribution in [3.8, 4) is 45.4 Å². The molecule has 0 unspecified atom stereocenters. The van der Waals surface area contributed by atoms with E-state index in [4.69, 9.17) is 42.6 Å². The van der Waals surface area contributed by atoms with E-state index < -0.39 is 0 Å². The first-order valence-corrected chi connectivity index (χ1v) is 18.3. The number of halogens is 2. The van der Waals surface area contributed by atoms with Crippen LogP contribution in [0.5, 0.6) is 11.8 Å². The van der Waals surface area contributed by atoms with Gasteiger partial charge in [-0.1, -0.05) is 65.7 Å². The highest BCUT2D eigenvalue weighted by atomic mass is 35.5. The van der Waals surface area contributed by atoms with Crippen LogP contribution in [0.2, 0.25) is 10.0 Å². The number of hydrogen-bond acceptors (Lipinski definition) is 8. The first-order valence-electron chi connectivity index (χ1n) is 17.5. The van der Waals surface area contributed by atoms with Gasteiger partial charge in [-0.2, -0.15) is 0 Å². The second-order valence-electron chi connectivity index (χ2n) is 14.1. The van der Waals surface area contributed by atoms with E-state index in [2.05, 4.69) is 26.9 Å². The molecule has 1 spiro atoms. The van der Waals surface area contributed by atoms with Gasteiger partial charge in [-0.05, 0) is 43.4 Å². The van der Waals surface area contributed by atoms with Crippen molar-refractivity contribution < 1.29 is 19.1 Å². The maximum Gasteiger partial charge on any atom is 0.220 e. The van der Waals surface area contributed by atoms with Crippen molar-refractivity contribution in [1.29, 1.82) is 0 Å². The average molecular weight is 728 g/mol. The molecule has 4 aliphatic rings. The highest BCUT2D eigenvalue weighted by Gasteiger charge is 2.47. The van der Waals surface area contributed by atoms with Crippen molar-refractivity contribution in [3.63, 3.8) is 0 Å². The molecule has 4 aromatic rings. The standard InChI is InChI=1S/C39H40Cl2N6O4/c1-50-37-23(19-47-20-39(21-47)16-15-33(49)46-39)10-12-29(44-37)27-7-3-5-25(35(27)40)26-6-4-8-28(36(26)41)31-17-22-9-13-30(34(22)38(45-31)51-2)42-18-24-11-14-32(48)43-24/h3-8,10,12,17,24,30,42H,9,11,13-16,18-21H2,1-2H3,(H,43,48)(H,46,49)/t24-,30+/m0/s1. The minimum absolute atomic E-state index is 0.0792. The third-order valence-electron chi connectivity index (χ3n) is 10.7. The van der Waals surface area contributed by atoms with Crippen LogP contribution in [0.25, 0.3) is 33.6 Å². The van der Waals surface area contributed by atoms with Crippen molar-refractivity contribution in [3.05, 3.63) is 81.3 Å². The fourth-order valence-corrected chi connectivity index (χ4v) is 8.83. The predicted octanol–water partition coefficient (Wildman–Crippen LogP) is 6.12. The first kappa shape index (κ1) is 33.9. The summed E-state index contributed by atoms with van der Waals surface area (Å²) in [5.41, 5.74) is 7.70. The van der Waals surface area contributed by atoms with Gasteiger partial charge in [0.1, 0.15) is 0 Å². The molecule has 0 saturated carbocycles. The van der Waals surface area contributed by atoms with Gasteiger partial charge in [0.05, 0.1) is 41.2 Å². The largest absolute Gasteiger partial charge is 0.481 e. The van der Waals surface area contributed by atoms with Gasteiger partial charge < -0.3 is 25.4 Å². The van der Waals surface area contributed by atoms with Gasteiger partial charge in [-0.3, -0.25) is 14.5 Å². The van der Waals surface area contributed by atoms with E-state index in [-0.39, 0.29) is 29.4 Å². The highest BCUT2D eigenvalue weighted by Crippen LogP contribution is 2.45. The molecule has 12 heteroatoms. The molecule has 2 amide bonds. The third kappa shape index (κ3) is 6.43. The van der Waals surface area contributed by atoms with E-state index in [9.17, 15) is 9.59 Å². The van der Waals surface area contributed by atoms with Gasteiger partial charge in [-0.25, -0.2) is 9.97 Å². The molecule has 3 N–H and O–H groups in total. The van der Waals surface area contributed by atoms with Crippen LogP contribution < -0.4 is 25.4 Å². The molecule has 1 aliphatic carbocycles. The zero-order valence-corrected chi connectivity index (χ0v) is 30.2. The number of nitrogens with zero attached hydrogens (tertiary/aromatic N) is 3. The van der Waals surface area contributed by atoms with Crippen LogP contribution >= 0.6 is 23.2 Å². The maximum absolute atomic E-state index is 11.8. The minimum Gasteiger partial charge on any atom is -0.481 e. The normalized spacial score (nSPS) is 20.6. The number of carbonyl (C=O) groups is 2. The number of fused-ring (bicyclic) bond motifs is 1. The molecule has 2 aromatic carbocycles. The Labute approximate surface area is 307 Å². The highest BCUT2D eigenvalue weighted by molar-refractivity contribution is 6.39. The van der Waals surface area contributed by atoms with Crippen LogP contribution in [0.3, 0.4) is 0 Å². The predicted molar refractivity (Wildman–Crippen MR) is 197 cm³/mol. The molecule has 3 fully saturated rings. The zero-order chi connectivity index (χ0) is 35.3. The second kappa shape index (κ2) is 13.7. The van der Waals surface area contributed by atoms with Crippen LogP contribution in [-0.4, -0.2) is 72.1 Å².